The summed E-state index contributed by atoms with van der Waals surface area (Å²) in [6.07, 6.45) is 3.25. The number of aromatic nitrogens is 1. The zero-order valence-corrected chi connectivity index (χ0v) is 16.0. The summed E-state index contributed by atoms with van der Waals surface area (Å²) in [7, 11) is 0. The highest BCUT2D eigenvalue weighted by atomic mass is 16.2. The van der Waals surface area contributed by atoms with Crippen LogP contribution in [0.4, 0.5) is 5.69 Å². The molecule has 29 heavy (non-hydrogen) atoms. The van der Waals surface area contributed by atoms with Crippen LogP contribution in [-0.2, 0) is 19.4 Å². The largest absolute Gasteiger partial charge is 0.334 e. The Bertz CT molecular complexity index is 1110. The number of anilines is 1. The predicted octanol–water partition coefficient (Wildman–Crippen LogP) is 3.48. The van der Waals surface area contributed by atoms with E-state index >= 15 is 0 Å². The van der Waals surface area contributed by atoms with Gasteiger partial charge in [-0.25, -0.2) is 0 Å². The van der Waals surface area contributed by atoms with E-state index in [1.54, 1.807) is 23.2 Å². The maximum absolute atomic E-state index is 13.1. The third-order valence-electron chi connectivity index (χ3n) is 5.78. The zero-order valence-electron chi connectivity index (χ0n) is 16.0. The second-order valence-electron chi connectivity index (χ2n) is 7.51. The summed E-state index contributed by atoms with van der Waals surface area (Å²) < 4.78 is 0. The number of hydrogen-bond acceptors (Lipinski definition) is 3. The summed E-state index contributed by atoms with van der Waals surface area (Å²) >= 11 is 0. The van der Waals surface area contributed by atoms with Gasteiger partial charge in [0.15, 0.2) is 0 Å². The summed E-state index contributed by atoms with van der Waals surface area (Å²) in [4.78, 5) is 34.0. The molecule has 0 saturated carbocycles. The molecule has 3 aromatic rings. The minimum atomic E-state index is -0.159. The molecule has 144 valence electrons. The van der Waals surface area contributed by atoms with Gasteiger partial charge >= 0.3 is 0 Å². The van der Waals surface area contributed by atoms with Crippen LogP contribution in [0.25, 0.3) is 0 Å². The molecule has 5 nitrogen and oxygen atoms in total. The molecule has 5 heteroatoms. The predicted molar refractivity (Wildman–Crippen MR) is 111 cm³/mol. The van der Waals surface area contributed by atoms with E-state index in [-0.39, 0.29) is 11.8 Å². The number of nitrogens with zero attached hydrogens (tertiary/aromatic N) is 3. The maximum Gasteiger partial charge on any atom is 0.276 e. The van der Waals surface area contributed by atoms with Crippen molar-refractivity contribution in [3.63, 3.8) is 0 Å². The first-order chi connectivity index (χ1) is 14.2. The Balaban J connectivity index is 1.38. The van der Waals surface area contributed by atoms with Gasteiger partial charge in [0.05, 0.1) is 0 Å². The summed E-state index contributed by atoms with van der Waals surface area (Å²) in [5, 5.41) is 0. The molecule has 0 radical (unpaired) electrons. The van der Waals surface area contributed by atoms with E-state index < -0.39 is 0 Å². The topological polar surface area (TPSA) is 53.5 Å². The van der Waals surface area contributed by atoms with Crippen molar-refractivity contribution in [1.29, 1.82) is 0 Å². The van der Waals surface area contributed by atoms with E-state index in [1.807, 2.05) is 41.3 Å². The number of carbonyl (C=O) groups is 2. The van der Waals surface area contributed by atoms with Crippen molar-refractivity contribution in [3.8, 4) is 0 Å². The first kappa shape index (κ1) is 17.6. The number of benzene rings is 2. The molecular weight excluding hydrogens is 362 g/mol. The Morgan fingerprint density at radius 1 is 0.793 bits per heavy atom. The lowest BCUT2D eigenvalue weighted by atomic mass is 9.99. The molecule has 0 unspecified atom stereocenters. The smallest absolute Gasteiger partial charge is 0.276 e. The van der Waals surface area contributed by atoms with E-state index in [1.165, 1.54) is 16.7 Å². The number of para-hydroxylation sites is 1. The zero-order chi connectivity index (χ0) is 19.8. The van der Waals surface area contributed by atoms with Gasteiger partial charge in [-0.2, -0.15) is 0 Å². The van der Waals surface area contributed by atoms with Crippen LogP contribution in [0.2, 0.25) is 0 Å². The van der Waals surface area contributed by atoms with Gasteiger partial charge in [0.1, 0.15) is 5.69 Å². The van der Waals surface area contributed by atoms with Crippen LogP contribution in [0.5, 0.6) is 0 Å². The molecule has 0 atom stereocenters. The second-order valence-corrected chi connectivity index (χ2v) is 7.51. The first-order valence-electron chi connectivity index (χ1n) is 9.92. The summed E-state index contributed by atoms with van der Waals surface area (Å²) in [6.45, 7) is 1.92. The Morgan fingerprint density at radius 2 is 1.52 bits per heavy atom. The van der Waals surface area contributed by atoms with Gasteiger partial charge in [0.2, 0.25) is 0 Å². The fraction of sp³-hybridized carbons (Fsp3) is 0.208. The highest BCUT2D eigenvalue weighted by Gasteiger charge is 2.27. The van der Waals surface area contributed by atoms with Crippen molar-refractivity contribution in [2.45, 2.75) is 19.4 Å². The van der Waals surface area contributed by atoms with Crippen molar-refractivity contribution in [3.05, 3.63) is 94.8 Å². The van der Waals surface area contributed by atoms with Crippen molar-refractivity contribution in [2.75, 3.05) is 18.0 Å². The molecule has 1 aromatic heterocycles. The van der Waals surface area contributed by atoms with Gasteiger partial charge in [-0.15, -0.1) is 0 Å². The minimum absolute atomic E-state index is 0.0576. The third-order valence-corrected chi connectivity index (χ3v) is 5.78. The Hall–Kier alpha value is -3.47. The summed E-state index contributed by atoms with van der Waals surface area (Å²) in [6, 6.07) is 19.5. The van der Waals surface area contributed by atoms with Crippen LogP contribution in [0.15, 0.2) is 66.9 Å². The molecule has 0 bridgehead atoms. The quantitative estimate of drug-likeness (QED) is 0.681. The number of fused-ring (bicyclic) bond motifs is 2. The lowest BCUT2D eigenvalue weighted by Crippen LogP contribution is -2.36. The number of hydrogen-bond donors (Lipinski definition) is 0. The molecule has 2 aliphatic heterocycles. The molecule has 0 spiro atoms. The molecule has 2 amide bonds. The fourth-order valence-electron chi connectivity index (χ4n) is 4.22. The molecule has 2 aromatic carbocycles. The van der Waals surface area contributed by atoms with Crippen LogP contribution in [-0.4, -0.2) is 34.8 Å². The molecule has 0 saturated heterocycles. The number of rotatable bonds is 2. The average Bonchev–Trinajstić information content (AvgIpc) is 3.22. The van der Waals surface area contributed by atoms with Crippen LogP contribution < -0.4 is 4.90 Å². The van der Waals surface area contributed by atoms with Gasteiger partial charge in [-0.05, 0) is 47.7 Å². The second kappa shape index (κ2) is 7.17. The van der Waals surface area contributed by atoms with E-state index in [0.717, 1.165) is 18.5 Å². The van der Waals surface area contributed by atoms with Crippen LogP contribution in [0, 0.1) is 0 Å². The van der Waals surface area contributed by atoms with Crippen molar-refractivity contribution in [1.82, 2.24) is 9.88 Å². The fourth-order valence-corrected chi connectivity index (χ4v) is 4.22. The van der Waals surface area contributed by atoms with Crippen molar-refractivity contribution in [2.24, 2.45) is 0 Å². The lowest BCUT2D eigenvalue weighted by Gasteiger charge is -2.29. The molecule has 3 heterocycles. The third kappa shape index (κ3) is 3.18. The van der Waals surface area contributed by atoms with E-state index in [0.29, 0.717) is 30.9 Å². The van der Waals surface area contributed by atoms with Gasteiger partial charge in [0, 0.05) is 37.1 Å². The molecule has 0 fully saturated rings. The summed E-state index contributed by atoms with van der Waals surface area (Å²) in [5.74, 6) is -0.216. The van der Waals surface area contributed by atoms with Crippen LogP contribution >= 0.6 is 0 Å². The normalized spacial score (nSPS) is 15.0. The van der Waals surface area contributed by atoms with Crippen LogP contribution in [0.3, 0.4) is 0 Å². The van der Waals surface area contributed by atoms with Gasteiger partial charge in [0.25, 0.3) is 11.8 Å². The standard InChI is InChI=1S/C24H21N3O2/c28-23(26-13-10-17-5-1-2-7-20(17)16-26)19-9-12-25-21(15-19)24(29)27-14-11-18-6-3-4-8-22(18)27/h1-9,12,15H,10-11,13-14,16H2. The van der Waals surface area contributed by atoms with Crippen molar-refractivity contribution >= 4 is 17.5 Å². The monoisotopic (exact) mass is 383 g/mol. The van der Waals surface area contributed by atoms with E-state index in [4.69, 9.17) is 0 Å². The maximum atomic E-state index is 13.1. The van der Waals surface area contributed by atoms with Gasteiger partial charge < -0.3 is 9.80 Å². The SMILES string of the molecule is O=C(c1ccnc(C(=O)N2CCc3ccccc32)c1)N1CCc2ccccc2C1. The summed E-state index contributed by atoms with van der Waals surface area (Å²) in [5.41, 5.74) is 5.41. The average molecular weight is 383 g/mol. The molecule has 0 aliphatic carbocycles. The highest BCUT2D eigenvalue weighted by Crippen LogP contribution is 2.28. The molecule has 2 aliphatic rings. The van der Waals surface area contributed by atoms with E-state index in [9.17, 15) is 9.59 Å². The molecule has 0 N–H and O–H groups in total. The number of amides is 2. The van der Waals surface area contributed by atoms with Crippen molar-refractivity contribution < 1.29 is 9.59 Å². The Morgan fingerprint density at radius 3 is 2.38 bits per heavy atom. The molecule has 5 rings (SSSR count). The number of carbonyl (C=O) groups excluding carboxylic acids is 2. The van der Waals surface area contributed by atoms with Gasteiger partial charge in [-0.3, -0.25) is 14.6 Å². The Kier molecular flexibility index (Phi) is 4.35. The highest BCUT2D eigenvalue weighted by molar-refractivity contribution is 6.07. The minimum Gasteiger partial charge on any atom is -0.334 e. The number of pyridine rings is 1. The van der Waals surface area contributed by atoms with Crippen LogP contribution in [0.1, 0.15) is 37.5 Å². The first-order valence-corrected chi connectivity index (χ1v) is 9.92. The van der Waals surface area contributed by atoms with E-state index in [2.05, 4.69) is 17.1 Å². The molecular formula is C24H21N3O2. The Labute approximate surface area is 169 Å². The van der Waals surface area contributed by atoms with Gasteiger partial charge in [-0.1, -0.05) is 42.5 Å². The lowest BCUT2D eigenvalue weighted by molar-refractivity contribution is 0.0734.